The minimum absolute atomic E-state index is 0.103. The Morgan fingerprint density at radius 1 is 1.26 bits per heavy atom. The molecule has 1 aliphatic heterocycles. The van der Waals surface area contributed by atoms with Gasteiger partial charge in [0.25, 0.3) is 0 Å². The molecule has 0 radical (unpaired) electrons. The third-order valence-electron chi connectivity index (χ3n) is 3.90. The van der Waals surface area contributed by atoms with Crippen LogP contribution in [0.2, 0.25) is 0 Å². The topological polar surface area (TPSA) is 66.9 Å². The van der Waals surface area contributed by atoms with Gasteiger partial charge in [0.15, 0.2) is 5.82 Å². The standard InChI is InChI=1S/C15H12F2N4OS/c16-8-2-1-3-9(17)12(8)7-4-10(7)20-14-13-15(19-6-18-14)23-5-11(22)21-13/h1-3,6-7,10H,4-5H2,(H,21,22)(H,18,19,20)/t7-,10-/m1/s1. The molecular weight excluding hydrogens is 322 g/mol. The Hall–Kier alpha value is -2.22. The maximum absolute atomic E-state index is 13.8. The number of nitrogens with zero attached hydrogens (tertiary/aromatic N) is 2. The molecule has 1 saturated carbocycles. The largest absolute Gasteiger partial charge is 0.365 e. The predicted octanol–water partition coefficient (Wildman–Crippen LogP) is 2.77. The average Bonchev–Trinajstić information content (AvgIpc) is 3.26. The highest BCUT2D eigenvalue weighted by Crippen LogP contribution is 2.46. The van der Waals surface area contributed by atoms with Crippen molar-refractivity contribution >= 4 is 29.2 Å². The summed E-state index contributed by atoms with van der Waals surface area (Å²) in [5.41, 5.74) is 0.639. The molecule has 118 valence electrons. The molecule has 2 aliphatic rings. The zero-order chi connectivity index (χ0) is 16.0. The second-order valence-electron chi connectivity index (χ2n) is 5.47. The van der Waals surface area contributed by atoms with E-state index in [0.29, 0.717) is 28.7 Å². The van der Waals surface area contributed by atoms with E-state index in [2.05, 4.69) is 20.6 Å². The van der Waals surface area contributed by atoms with Crippen LogP contribution in [0.25, 0.3) is 0 Å². The Bertz CT molecular complexity index is 781. The Labute approximate surface area is 134 Å². The van der Waals surface area contributed by atoms with Gasteiger partial charge in [0, 0.05) is 17.5 Å². The Balaban J connectivity index is 1.56. The normalized spacial score (nSPS) is 22.3. The van der Waals surface area contributed by atoms with Gasteiger partial charge in [-0.15, -0.1) is 0 Å². The van der Waals surface area contributed by atoms with Crippen molar-refractivity contribution in [3.05, 3.63) is 41.7 Å². The van der Waals surface area contributed by atoms with Crippen LogP contribution in [0.1, 0.15) is 17.9 Å². The van der Waals surface area contributed by atoms with Crippen molar-refractivity contribution in [1.82, 2.24) is 9.97 Å². The van der Waals surface area contributed by atoms with Gasteiger partial charge in [0.2, 0.25) is 5.91 Å². The molecule has 2 aromatic rings. The van der Waals surface area contributed by atoms with Crippen molar-refractivity contribution < 1.29 is 13.6 Å². The summed E-state index contributed by atoms with van der Waals surface area (Å²) in [6, 6.07) is 3.75. The molecule has 0 spiro atoms. The quantitative estimate of drug-likeness (QED) is 0.845. The minimum atomic E-state index is -0.534. The number of benzene rings is 1. The molecule has 2 atom stereocenters. The zero-order valence-corrected chi connectivity index (χ0v) is 12.7. The van der Waals surface area contributed by atoms with Crippen molar-refractivity contribution in [1.29, 1.82) is 0 Å². The first-order valence-electron chi connectivity index (χ1n) is 7.11. The summed E-state index contributed by atoms with van der Waals surface area (Å²) >= 11 is 1.34. The highest BCUT2D eigenvalue weighted by atomic mass is 32.2. The van der Waals surface area contributed by atoms with Gasteiger partial charge in [0.1, 0.15) is 28.7 Å². The highest BCUT2D eigenvalue weighted by Gasteiger charge is 2.42. The van der Waals surface area contributed by atoms with E-state index in [-0.39, 0.29) is 23.4 Å². The summed E-state index contributed by atoms with van der Waals surface area (Å²) in [6.07, 6.45) is 2.02. The third kappa shape index (κ3) is 2.63. The van der Waals surface area contributed by atoms with Crippen molar-refractivity contribution in [2.75, 3.05) is 16.4 Å². The first-order valence-corrected chi connectivity index (χ1v) is 8.10. The fourth-order valence-corrected chi connectivity index (χ4v) is 3.48. The Morgan fingerprint density at radius 2 is 2.04 bits per heavy atom. The number of hydrogen-bond donors (Lipinski definition) is 2. The van der Waals surface area contributed by atoms with E-state index in [1.54, 1.807) is 0 Å². The van der Waals surface area contributed by atoms with Crippen LogP contribution in [0.4, 0.5) is 20.3 Å². The van der Waals surface area contributed by atoms with Gasteiger partial charge >= 0.3 is 0 Å². The molecule has 1 aromatic carbocycles. The van der Waals surface area contributed by atoms with E-state index in [1.807, 2.05) is 0 Å². The monoisotopic (exact) mass is 334 g/mol. The van der Waals surface area contributed by atoms with Crippen molar-refractivity contribution in [3.8, 4) is 0 Å². The molecule has 5 nitrogen and oxygen atoms in total. The van der Waals surface area contributed by atoms with Crippen LogP contribution in [0.15, 0.2) is 29.6 Å². The smallest absolute Gasteiger partial charge is 0.234 e. The van der Waals surface area contributed by atoms with E-state index < -0.39 is 11.6 Å². The van der Waals surface area contributed by atoms with Gasteiger partial charge in [-0.1, -0.05) is 17.8 Å². The van der Waals surface area contributed by atoms with Gasteiger partial charge < -0.3 is 10.6 Å². The summed E-state index contributed by atoms with van der Waals surface area (Å²) in [5, 5.41) is 6.59. The lowest BCUT2D eigenvalue weighted by atomic mass is 10.1. The second-order valence-corrected chi connectivity index (χ2v) is 6.43. The first kappa shape index (κ1) is 14.4. The average molecular weight is 334 g/mol. The molecule has 8 heteroatoms. The highest BCUT2D eigenvalue weighted by molar-refractivity contribution is 8.00. The Morgan fingerprint density at radius 3 is 2.83 bits per heavy atom. The fourth-order valence-electron chi connectivity index (χ4n) is 2.72. The summed E-state index contributed by atoms with van der Waals surface area (Å²) < 4.78 is 27.6. The van der Waals surface area contributed by atoms with Gasteiger partial charge in [-0.25, -0.2) is 18.7 Å². The molecule has 0 bridgehead atoms. The molecule has 2 heterocycles. The molecule has 4 rings (SSSR count). The number of carbonyl (C=O) groups is 1. The number of halogens is 2. The summed E-state index contributed by atoms with van der Waals surface area (Å²) in [7, 11) is 0. The molecule has 2 N–H and O–H groups in total. The van der Waals surface area contributed by atoms with Crippen molar-refractivity contribution in [2.24, 2.45) is 0 Å². The number of nitrogens with one attached hydrogen (secondary N) is 2. The second kappa shape index (κ2) is 5.45. The molecule has 1 amide bonds. The van der Waals surface area contributed by atoms with Crippen molar-refractivity contribution in [3.63, 3.8) is 0 Å². The van der Waals surface area contributed by atoms with Crippen LogP contribution < -0.4 is 10.6 Å². The molecule has 23 heavy (non-hydrogen) atoms. The van der Waals surface area contributed by atoms with E-state index in [1.165, 1.54) is 36.3 Å². The zero-order valence-electron chi connectivity index (χ0n) is 11.8. The number of thioether (sulfide) groups is 1. The van der Waals surface area contributed by atoms with E-state index >= 15 is 0 Å². The molecule has 1 aliphatic carbocycles. The van der Waals surface area contributed by atoms with Crippen LogP contribution in [-0.4, -0.2) is 27.7 Å². The number of amides is 1. The maximum Gasteiger partial charge on any atom is 0.234 e. The number of carbonyl (C=O) groups excluding carboxylic acids is 1. The lowest BCUT2D eigenvalue weighted by Crippen LogP contribution is -2.22. The van der Waals surface area contributed by atoms with Gasteiger partial charge in [-0.05, 0) is 18.6 Å². The van der Waals surface area contributed by atoms with Gasteiger partial charge in [-0.3, -0.25) is 4.79 Å². The number of rotatable bonds is 3. The number of aromatic nitrogens is 2. The molecule has 1 fully saturated rings. The van der Waals surface area contributed by atoms with Crippen LogP contribution in [0.5, 0.6) is 0 Å². The number of fused-ring (bicyclic) bond motifs is 1. The SMILES string of the molecule is O=C1CSc2ncnc(N[C@@H]3C[C@H]3c3c(F)cccc3F)c2N1. The minimum Gasteiger partial charge on any atom is -0.365 e. The lowest BCUT2D eigenvalue weighted by molar-refractivity contribution is -0.113. The molecule has 0 saturated heterocycles. The van der Waals surface area contributed by atoms with E-state index in [0.717, 1.165) is 0 Å². The fraction of sp³-hybridized carbons (Fsp3) is 0.267. The van der Waals surface area contributed by atoms with Crippen LogP contribution >= 0.6 is 11.8 Å². The number of anilines is 2. The van der Waals surface area contributed by atoms with Crippen molar-refractivity contribution in [2.45, 2.75) is 23.4 Å². The van der Waals surface area contributed by atoms with Crippen LogP contribution in [-0.2, 0) is 4.79 Å². The molecule has 0 unspecified atom stereocenters. The van der Waals surface area contributed by atoms with Crippen LogP contribution in [0.3, 0.4) is 0 Å². The molecule has 1 aromatic heterocycles. The lowest BCUT2D eigenvalue weighted by Gasteiger charge is -2.18. The van der Waals surface area contributed by atoms with E-state index in [4.69, 9.17) is 0 Å². The molecular formula is C15H12F2N4OS. The summed E-state index contributed by atoms with van der Waals surface area (Å²) in [5.74, 6) is -0.627. The number of hydrogen-bond acceptors (Lipinski definition) is 5. The maximum atomic E-state index is 13.8. The summed E-state index contributed by atoms with van der Waals surface area (Å²) in [6.45, 7) is 0. The predicted molar refractivity (Wildman–Crippen MR) is 82.5 cm³/mol. The first-order chi connectivity index (χ1) is 11.1. The van der Waals surface area contributed by atoms with Gasteiger partial charge in [0.05, 0.1) is 5.75 Å². The van der Waals surface area contributed by atoms with Gasteiger partial charge in [-0.2, -0.15) is 0 Å². The summed E-state index contributed by atoms with van der Waals surface area (Å²) in [4.78, 5) is 19.8. The Kier molecular flexibility index (Phi) is 3.41. The van der Waals surface area contributed by atoms with Crippen LogP contribution in [0, 0.1) is 11.6 Å². The third-order valence-corrected chi connectivity index (χ3v) is 4.89. The van der Waals surface area contributed by atoms with E-state index in [9.17, 15) is 13.6 Å².